The molecule has 5 rings (SSSR count). The van der Waals surface area contributed by atoms with E-state index in [2.05, 4.69) is 50.2 Å². The molecule has 0 saturated heterocycles. The second kappa shape index (κ2) is 10.9. The lowest BCUT2D eigenvalue weighted by Crippen LogP contribution is -1.97. The van der Waals surface area contributed by atoms with Crippen LogP contribution in [0.1, 0.15) is 69.9 Å². The predicted molar refractivity (Wildman–Crippen MR) is 152 cm³/mol. The highest BCUT2D eigenvalue weighted by molar-refractivity contribution is 7.43. The Morgan fingerprint density at radius 1 is 0.576 bits per heavy atom. The Morgan fingerprint density at radius 2 is 1.12 bits per heavy atom. The van der Waals surface area contributed by atoms with Crippen LogP contribution in [0.25, 0.3) is 39.0 Å². The number of thiophene rings is 3. The molecule has 0 saturated carbocycles. The Hall–Kier alpha value is -1.46. The smallest absolute Gasteiger partial charge is 0.0642 e. The fourth-order valence-electron chi connectivity index (χ4n) is 4.61. The summed E-state index contributed by atoms with van der Waals surface area (Å²) in [6, 6.07) is 14.3. The van der Waals surface area contributed by atoms with Gasteiger partial charge < -0.3 is 4.74 Å². The molecule has 0 aliphatic carbocycles. The quantitative estimate of drug-likeness (QED) is 0.157. The van der Waals surface area contributed by atoms with Gasteiger partial charge in [-0.1, -0.05) is 57.4 Å². The van der Waals surface area contributed by atoms with Crippen LogP contribution in [-0.2, 0) is 17.6 Å². The third kappa shape index (κ3) is 5.00. The molecule has 0 aliphatic rings. The van der Waals surface area contributed by atoms with Gasteiger partial charge in [-0.2, -0.15) is 0 Å². The molecule has 4 heteroatoms. The van der Waals surface area contributed by atoms with E-state index in [1.807, 2.05) is 34.0 Å². The minimum atomic E-state index is 0.904. The number of rotatable bonds is 12. The summed E-state index contributed by atoms with van der Waals surface area (Å²) in [6.07, 6.45) is 11.0. The molecule has 3 heterocycles. The van der Waals surface area contributed by atoms with Crippen LogP contribution in [0.5, 0.6) is 0 Å². The Labute approximate surface area is 209 Å². The van der Waals surface area contributed by atoms with Crippen molar-refractivity contribution < 1.29 is 4.74 Å². The third-order valence-corrected chi connectivity index (χ3v) is 10.5. The molecule has 174 valence electrons. The number of aryl methyl sites for hydroxylation is 2. The first-order chi connectivity index (χ1) is 16.3. The average Bonchev–Trinajstić information content (AvgIpc) is 3.46. The van der Waals surface area contributed by atoms with Crippen LogP contribution >= 0.6 is 34.0 Å². The molecular formula is C29H34OS3. The Morgan fingerprint density at radius 3 is 1.70 bits per heavy atom. The summed E-state index contributed by atoms with van der Waals surface area (Å²) in [5.41, 5.74) is 2.96. The molecule has 3 aromatic heterocycles. The number of benzene rings is 2. The summed E-state index contributed by atoms with van der Waals surface area (Å²) >= 11 is 6.00. The van der Waals surface area contributed by atoms with Crippen molar-refractivity contribution in [2.75, 3.05) is 13.2 Å². The lowest BCUT2D eigenvalue weighted by Gasteiger charge is -2.04. The van der Waals surface area contributed by atoms with Gasteiger partial charge in [0.1, 0.15) is 0 Å². The van der Waals surface area contributed by atoms with Crippen LogP contribution in [-0.4, -0.2) is 13.2 Å². The van der Waals surface area contributed by atoms with Gasteiger partial charge in [-0.15, -0.1) is 34.0 Å². The molecule has 0 fully saturated rings. The number of hydrogen-bond donors (Lipinski definition) is 0. The molecule has 5 aromatic rings. The zero-order valence-electron chi connectivity index (χ0n) is 19.9. The van der Waals surface area contributed by atoms with Crippen LogP contribution in [0.2, 0.25) is 0 Å². The molecule has 33 heavy (non-hydrogen) atoms. The van der Waals surface area contributed by atoms with E-state index in [1.54, 1.807) is 0 Å². The molecule has 0 amide bonds. The van der Waals surface area contributed by atoms with Gasteiger partial charge in [0.2, 0.25) is 0 Å². The Balaban J connectivity index is 1.34. The van der Waals surface area contributed by atoms with Crippen LogP contribution in [0, 0.1) is 0 Å². The SMILES string of the molecule is CCCCCc1ccc2c(c1)sc1c2sc2c3ccc(CCCCOCCCC)cc3sc21. The molecule has 0 bridgehead atoms. The second-order valence-corrected chi connectivity index (χ2v) is 12.3. The summed E-state index contributed by atoms with van der Waals surface area (Å²) in [5, 5.41) is 2.90. The molecule has 1 nitrogen and oxygen atoms in total. The van der Waals surface area contributed by atoms with E-state index in [1.165, 1.54) is 95.0 Å². The molecule has 0 atom stereocenters. The van der Waals surface area contributed by atoms with Crippen LogP contribution < -0.4 is 0 Å². The van der Waals surface area contributed by atoms with Crippen molar-refractivity contribution in [3.63, 3.8) is 0 Å². The first-order valence-electron chi connectivity index (χ1n) is 12.6. The zero-order valence-corrected chi connectivity index (χ0v) is 22.3. The van der Waals surface area contributed by atoms with Gasteiger partial charge in [-0.3, -0.25) is 0 Å². The number of hydrogen-bond acceptors (Lipinski definition) is 4. The van der Waals surface area contributed by atoms with Crippen LogP contribution in [0.3, 0.4) is 0 Å². The van der Waals surface area contributed by atoms with Crippen molar-refractivity contribution in [1.82, 2.24) is 0 Å². The number of unbranched alkanes of at least 4 members (excludes halogenated alkanes) is 4. The van der Waals surface area contributed by atoms with E-state index in [-0.39, 0.29) is 0 Å². The minimum Gasteiger partial charge on any atom is -0.381 e. The lowest BCUT2D eigenvalue weighted by molar-refractivity contribution is 0.127. The molecular weight excluding hydrogens is 461 g/mol. The van der Waals surface area contributed by atoms with Crippen LogP contribution in [0.15, 0.2) is 36.4 Å². The van der Waals surface area contributed by atoms with Crippen molar-refractivity contribution in [2.24, 2.45) is 0 Å². The van der Waals surface area contributed by atoms with Crippen LogP contribution in [0.4, 0.5) is 0 Å². The fourth-order valence-corrected chi connectivity index (χ4v) is 9.00. The molecule has 2 aromatic carbocycles. The average molecular weight is 495 g/mol. The highest BCUT2D eigenvalue weighted by Gasteiger charge is 2.17. The van der Waals surface area contributed by atoms with E-state index < -0.39 is 0 Å². The highest BCUT2D eigenvalue weighted by atomic mass is 32.1. The first-order valence-corrected chi connectivity index (χ1v) is 15.1. The van der Waals surface area contributed by atoms with E-state index in [0.29, 0.717) is 0 Å². The molecule has 0 N–H and O–H groups in total. The first kappa shape index (κ1) is 23.3. The van der Waals surface area contributed by atoms with E-state index in [0.717, 1.165) is 26.1 Å². The topological polar surface area (TPSA) is 9.23 Å². The van der Waals surface area contributed by atoms with Crippen molar-refractivity contribution in [3.05, 3.63) is 47.5 Å². The van der Waals surface area contributed by atoms with Gasteiger partial charge in [-0.25, -0.2) is 0 Å². The number of fused-ring (bicyclic) bond motifs is 7. The van der Waals surface area contributed by atoms with Crippen molar-refractivity contribution in [3.8, 4) is 0 Å². The minimum absolute atomic E-state index is 0.904. The van der Waals surface area contributed by atoms with E-state index >= 15 is 0 Å². The van der Waals surface area contributed by atoms with Gasteiger partial charge in [0.05, 0.1) is 18.8 Å². The van der Waals surface area contributed by atoms with Gasteiger partial charge in [0.15, 0.2) is 0 Å². The predicted octanol–water partition coefficient (Wildman–Crippen LogP) is 10.4. The molecule has 0 spiro atoms. The monoisotopic (exact) mass is 494 g/mol. The van der Waals surface area contributed by atoms with Gasteiger partial charge in [0, 0.05) is 33.4 Å². The second-order valence-electron chi connectivity index (χ2n) is 9.16. The highest BCUT2D eigenvalue weighted by Crippen LogP contribution is 2.50. The van der Waals surface area contributed by atoms with Crippen molar-refractivity contribution in [1.29, 1.82) is 0 Å². The zero-order chi connectivity index (χ0) is 22.6. The van der Waals surface area contributed by atoms with E-state index in [4.69, 9.17) is 4.74 Å². The number of ether oxygens (including phenoxy) is 1. The molecule has 0 aliphatic heterocycles. The maximum atomic E-state index is 5.71. The summed E-state index contributed by atoms with van der Waals surface area (Å²) in [6.45, 7) is 6.31. The van der Waals surface area contributed by atoms with E-state index in [9.17, 15) is 0 Å². The standard InChI is InChI=1S/C29H34OS3/c1-3-5-7-10-20-12-14-22-24(18-20)31-28-26(22)33-27-23-15-13-21(19-25(23)32-29(27)28)11-8-9-17-30-16-6-4-2/h12-15,18-19H,3-11,16-17H2,1-2H3. The fraction of sp³-hybridized carbons (Fsp3) is 0.448. The summed E-state index contributed by atoms with van der Waals surface area (Å²) in [4.78, 5) is 0. The van der Waals surface area contributed by atoms with Crippen molar-refractivity contribution >= 4 is 73.0 Å². The Kier molecular flexibility index (Phi) is 7.66. The molecule has 0 unspecified atom stereocenters. The maximum Gasteiger partial charge on any atom is 0.0642 e. The largest absolute Gasteiger partial charge is 0.381 e. The summed E-state index contributed by atoms with van der Waals surface area (Å²) in [7, 11) is 0. The third-order valence-electron chi connectivity index (χ3n) is 6.54. The maximum absolute atomic E-state index is 5.71. The summed E-state index contributed by atoms with van der Waals surface area (Å²) < 4.78 is 14.6. The van der Waals surface area contributed by atoms with Gasteiger partial charge >= 0.3 is 0 Å². The lowest BCUT2D eigenvalue weighted by atomic mass is 10.1. The van der Waals surface area contributed by atoms with Crippen molar-refractivity contribution in [2.45, 2.75) is 71.6 Å². The van der Waals surface area contributed by atoms with Gasteiger partial charge in [0.25, 0.3) is 0 Å². The Bertz CT molecular complexity index is 1350. The van der Waals surface area contributed by atoms with Gasteiger partial charge in [-0.05, 0) is 61.8 Å². The normalized spacial score (nSPS) is 12.2. The summed E-state index contributed by atoms with van der Waals surface area (Å²) in [5.74, 6) is 0. The molecule has 0 radical (unpaired) electrons.